The summed E-state index contributed by atoms with van der Waals surface area (Å²) in [6.07, 6.45) is 7.39. The minimum absolute atomic E-state index is 0.0254. The zero-order valence-electron chi connectivity index (χ0n) is 28.0. The van der Waals surface area contributed by atoms with Gasteiger partial charge >= 0.3 is 0 Å². The molecule has 45 heavy (non-hydrogen) atoms. The molecule has 1 amide bonds. The van der Waals surface area contributed by atoms with Crippen LogP contribution in [-0.4, -0.2) is 61.0 Å². The van der Waals surface area contributed by atoms with Gasteiger partial charge in [0.1, 0.15) is 23.4 Å². The Kier molecular flexibility index (Phi) is 14.3. The lowest BCUT2D eigenvalue weighted by Gasteiger charge is -2.32. The highest BCUT2D eigenvalue weighted by Gasteiger charge is 2.21. The lowest BCUT2D eigenvalue weighted by atomic mass is 10.0. The van der Waals surface area contributed by atoms with E-state index in [9.17, 15) is 9.59 Å². The van der Waals surface area contributed by atoms with Gasteiger partial charge in [0, 0.05) is 74.8 Å². The molecule has 0 radical (unpaired) electrons. The Balaban J connectivity index is 0.000000279. The summed E-state index contributed by atoms with van der Waals surface area (Å²) in [6, 6.07) is 18.2. The number of hydrogen-bond acceptors (Lipinski definition) is 7. The van der Waals surface area contributed by atoms with E-state index in [1.165, 1.54) is 16.8 Å². The molecule has 244 valence electrons. The van der Waals surface area contributed by atoms with Gasteiger partial charge in [0.15, 0.2) is 0 Å². The molecular formula is C37H52N4O4. The largest absolute Gasteiger partial charge is 0.496 e. The van der Waals surface area contributed by atoms with Crippen molar-refractivity contribution in [2.24, 2.45) is 17.6 Å². The smallest absolute Gasteiger partial charge is 0.222 e. The van der Waals surface area contributed by atoms with E-state index in [0.29, 0.717) is 13.0 Å². The molecule has 1 saturated heterocycles. The Labute approximate surface area is 269 Å². The number of methoxy groups -OCH3 is 1. The van der Waals surface area contributed by atoms with Gasteiger partial charge < -0.3 is 20.1 Å². The minimum atomic E-state index is -0.236. The van der Waals surface area contributed by atoms with Crippen LogP contribution in [0.25, 0.3) is 0 Å². The molecule has 1 fully saturated rings. The number of hydrogen-bond donors (Lipinski definition) is 1. The van der Waals surface area contributed by atoms with Gasteiger partial charge in [-0.15, -0.1) is 0 Å². The molecule has 1 unspecified atom stereocenters. The number of Topliss-reactive ketones (excluding diaryl/α,β-unsaturated/α-hetero) is 1. The third kappa shape index (κ3) is 11.5. The molecule has 2 aromatic carbocycles. The fraction of sp³-hybridized carbons (Fsp3) is 0.486. The summed E-state index contributed by atoms with van der Waals surface area (Å²) in [4.78, 5) is 32.1. The number of carbonyl (C=O) groups excluding carboxylic acids is 2. The lowest BCUT2D eigenvalue weighted by molar-refractivity contribution is -0.121. The first-order valence-corrected chi connectivity index (χ1v) is 16.2. The molecule has 8 nitrogen and oxygen atoms in total. The molecule has 0 aliphatic carbocycles. The molecule has 3 aromatic rings. The second-order valence-electron chi connectivity index (χ2n) is 12.3. The number of pyridine rings is 1. The number of likely N-dealkylation sites (tertiary alicyclic amines) is 1. The number of para-hydroxylation sites is 1. The Morgan fingerprint density at radius 3 is 2.40 bits per heavy atom. The van der Waals surface area contributed by atoms with Crippen LogP contribution < -0.4 is 20.1 Å². The zero-order valence-corrected chi connectivity index (χ0v) is 28.0. The highest BCUT2D eigenvalue weighted by molar-refractivity contribution is 5.83. The topological polar surface area (TPSA) is 98.0 Å². The Morgan fingerprint density at radius 2 is 1.80 bits per heavy atom. The van der Waals surface area contributed by atoms with Crippen LogP contribution in [0.2, 0.25) is 0 Å². The molecule has 1 aromatic heterocycles. The average molecular weight is 617 g/mol. The minimum Gasteiger partial charge on any atom is -0.496 e. The van der Waals surface area contributed by atoms with Gasteiger partial charge in [-0.2, -0.15) is 0 Å². The van der Waals surface area contributed by atoms with Crippen molar-refractivity contribution >= 4 is 17.4 Å². The SMILES string of the molecule is CCCN(CC(C)C(N)=O)c1ccccc1C.COc1cc(OC2CCN(Cc3cccnc3)CC2)ccc1CC(=O)C(C)C. The summed E-state index contributed by atoms with van der Waals surface area (Å²) in [5.41, 5.74) is 9.93. The number of amides is 1. The third-order valence-corrected chi connectivity index (χ3v) is 8.16. The predicted molar refractivity (Wildman–Crippen MR) is 182 cm³/mol. The van der Waals surface area contributed by atoms with E-state index in [1.54, 1.807) is 7.11 Å². The van der Waals surface area contributed by atoms with Crippen LogP contribution in [-0.2, 0) is 22.6 Å². The average Bonchev–Trinajstić information content (AvgIpc) is 3.03. The van der Waals surface area contributed by atoms with Crippen molar-refractivity contribution in [3.63, 3.8) is 0 Å². The number of piperidine rings is 1. The number of aryl methyl sites for hydroxylation is 1. The number of nitrogens with zero attached hydrogens (tertiary/aromatic N) is 3. The Morgan fingerprint density at radius 1 is 1.07 bits per heavy atom. The number of benzene rings is 2. The summed E-state index contributed by atoms with van der Waals surface area (Å²) in [5.74, 6) is 1.41. The first-order chi connectivity index (χ1) is 21.6. The van der Waals surface area contributed by atoms with Gasteiger partial charge in [0.25, 0.3) is 0 Å². The number of aromatic nitrogens is 1. The van der Waals surface area contributed by atoms with E-state index < -0.39 is 0 Å². The fourth-order valence-corrected chi connectivity index (χ4v) is 5.38. The van der Waals surface area contributed by atoms with Crippen LogP contribution in [0.3, 0.4) is 0 Å². The second kappa shape index (κ2) is 18.2. The van der Waals surface area contributed by atoms with Crippen molar-refractivity contribution in [2.45, 2.75) is 73.0 Å². The van der Waals surface area contributed by atoms with E-state index in [0.717, 1.165) is 62.5 Å². The number of rotatable bonds is 14. The second-order valence-corrected chi connectivity index (χ2v) is 12.3. The monoisotopic (exact) mass is 616 g/mol. The summed E-state index contributed by atoms with van der Waals surface area (Å²) >= 11 is 0. The van der Waals surface area contributed by atoms with Gasteiger partial charge in [-0.25, -0.2) is 0 Å². The number of ketones is 1. The van der Waals surface area contributed by atoms with E-state index in [1.807, 2.05) is 69.6 Å². The van der Waals surface area contributed by atoms with E-state index in [2.05, 4.69) is 46.8 Å². The van der Waals surface area contributed by atoms with Crippen LogP contribution in [0, 0.1) is 18.8 Å². The van der Waals surface area contributed by atoms with Crippen molar-refractivity contribution in [3.8, 4) is 11.5 Å². The van der Waals surface area contributed by atoms with Crippen molar-refractivity contribution in [3.05, 3.63) is 83.7 Å². The van der Waals surface area contributed by atoms with Crippen LogP contribution in [0.4, 0.5) is 5.69 Å². The van der Waals surface area contributed by atoms with Crippen LogP contribution in [0.5, 0.6) is 11.5 Å². The van der Waals surface area contributed by atoms with Gasteiger partial charge in [-0.05, 0) is 55.5 Å². The standard InChI is InChI=1S/C23H30N2O3.C14H22N2O/c1-17(2)22(26)13-19-6-7-21(14-23(19)27-3)28-20-8-11-25(12-9-20)16-18-5-4-10-24-15-18;1-4-9-16(10-12(3)14(15)17)13-8-6-5-7-11(13)2/h4-7,10,14-15,17,20H,8-9,11-13,16H2,1-3H3;5-8,12H,4,9-10H2,1-3H3,(H2,15,17). The number of carbonyl (C=O) groups is 2. The van der Waals surface area contributed by atoms with E-state index in [4.69, 9.17) is 15.2 Å². The van der Waals surface area contributed by atoms with E-state index >= 15 is 0 Å². The third-order valence-electron chi connectivity index (χ3n) is 8.16. The summed E-state index contributed by atoms with van der Waals surface area (Å²) in [5, 5.41) is 0. The molecule has 1 aliphatic rings. The van der Waals surface area contributed by atoms with Crippen LogP contribution >= 0.6 is 0 Å². The zero-order chi connectivity index (χ0) is 32.8. The molecule has 8 heteroatoms. The normalized spacial score (nSPS) is 14.3. The number of nitrogens with two attached hydrogens (primary N) is 1. The molecule has 1 aliphatic heterocycles. The Hall–Kier alpha value is -3.91. The number of anilines is 1. The first-order valence-electron chi connectivity index (χ1n) is 16.2. The van der Waals surface area contributed by atoms with Crippen molar-refractivity contribution in [1.29, 1.82) is 0 Å². The van der Waals surface area contributed by atoms with E-state index in [-0.39, 0.29) is 29.6 Å². The molecular weight excluding hydrogens is 564 g/mol. The molecule has 1 atom stereocenters. The summed E-state index contributed by atoms with van der Waals surface area (Å²) in [7, 11) is 1.64. The number of ether oxygens (including phenoxy) is 2. The highest BCUT2D eigenvalue weighted by atomic mass is 16.5. The van der Waals surface area contributed by atoms with Crippen molar-refractivity contribution < 1.29 is 19.1 Å². The van der Waals surface area contributed by atoms with Gasteiger partial charge in [0.05, 0.1) is 13.0 Å². The number of primary amides is 1. The van der Waals surface area contributed by atoms with Crippen molar-refractivity contribution in [1.82, 2.24) is 9.88 Å². The lowest BCUT2D eigenvalue weighted by Crippen LogP contribution is -2.37. The van der Waals surface area contributed by atoms with Gasteiger partial charge in [0.2, 0.25) is 5.91 Å². The maximum atomic E-state index is 12.0. The van der Waals surface area contributed by atoms with Crippen LogP contribution in [0.1, 0.15) is 63.6 Å². The van der Waals surface area contributed by atoms with Crippen LogP contribution in [0.15, 0.2) is 67.0 Å². The molecule has 2 heterocycles. The molecule has 0 spiro atoms. The molecule has 2 N–H and O–H groups in total. The summed E-state index contributed by atoms with van der Waals surface area (Å²) < 4.78 is 11.7. The predicted octanol–water partition coefficient (Wildman–Crippen LogP) is 6.23. The van der Waals surface area contributed by atoms with Crippen molar-refractivity contribution in [2.75, 3.05) is 38.2 Å². The Bertz CT molecular complexity index is 1340. The first kappa shape index (κ1) is 35.6. The molecule has 4 rings (SSSR count). The molecule has 0 bridgehead atoms. The van der Waals surface area contributed by atoms with Gasteiger partial charge in [-0.1, -0.05) is 58.0 Å². The maximum absolute atomic E-state index is 12.0. The highest BCUT2D eigenvalue weighted by Crippen LogP contribution is 2.28. The quantitative estimate of drug-likeness (QED) is 0.229. The maximum Gasteiger partial charge on any atom is 0.222 e. The fourth-order valence-electron chi connectivity index (χ4n) is 5.38. The molecule has 0 saturated carbocycles. The summed E-state index contributed by atoms with van der Waals surface area (Å²) in [6.45, 7) is 14.6. The van der Waals surface area contributed by atoms with Gasteiger partial charge in [-0.3, -0.25) is 19.5 Å².